The van der Waals surface area contributed by atoms with E-state index in [1.54, 1.807) is 85.1 Å². The third-order valence-electron chi connectivity index (χ3n) is 13.8. The first kappa shape index (κ1) is 57.9. The summed E-state index contributed by atoms with van der Waals surface area (Å²) in [7, 11) is 0. The summed E-state index contributed by atoms with van der Waals surface area (Å²) in [6, 6.07) is 34.0. The zero-order valence-corrected chi connectivity index (χ0v) is 45.8. The molecule has 18 nitrogen and oxygen atoms in total. The number of carbonyl (C=O) groups is 7. The number of hydrogen-bond donors (Lipinski definition) is 8. The van der Waals surface area contributed by atoms with Crippen molar-refractivity contribution in [2.75, 3.05) is 19.6 Å². The van der Waals surface area contributed by atoms with Crippen LogP contribution in [0.25, 0.3) is 10.9 Å². The lowest BCUT2D eigenvalue weighted by atomic mass is 9.99. The van der Waals surface area contributed by atoms with Gasteiger partial charge < -0.3 is 57.0 Å². The van der Waals surface area contributed by atoms with Gasteiger partial charge in [-0.2, -0.15) is 0 Å². The van der Waals surface area contributed by atoms with Crippen molar-refractivity contribution >= 4 is 76.4 Å². The molecule has 6 unspecified atom stereocenters. The maximum Gasteiger partial charge on any atom is 0.407 e. The van der Waals surface area contributed by atoms with Crippen LogP contribution in [0.15, 0.2) is 146 Å². The molecule has 5 aromatic carbocycles. The molecule has 7 amide bonds. The van der Waals surface area contributed by atoms with Crippen molar-refractivity contribution in [3.63, 3.8) is 0 Å². The van der Waals surface area contributed by atoms with E-state index in [0.29, 0.717) is 41.0 Å². The van der Waals surface area contributed by atoms with Gasteiger partial charge >= 0.3 is 6.09 Å². The van der Waals surface area contributed by atoms with Gasteiger partial charge in [0.2, 0.25) is 35.4 Å². The van der Waals surface area contributed by atoms with Crippen LogP contribution >= 0.6 is 24.0 Å². The second-order valence-corrected chi connectivity index (χ2v) is 19.5. The largest absolute Gasteiger partial charge is 0.489 e. The summed E-state index contributed by atoms with van der Waals surface area (Å²) in [5.74, 6) is -3.62. The molecule has 78 heavy (non-hydrogen) atoms. The molecular formula is C59H68IN9O9. The third-order valence-corrected chi connectivity index (χ3v) is 13.8. The van der Waals surface area contributed by atoms with Crippen molar-refractivity contribution < 1.29 is 43.0 Å². The number of alkyl carbamates (subject to hydrolysis) is 1. The van der Waals surface area contributed by atoms with Crippen LogP contribution in [0, 0.1) is 0 Å². The summed E-state index contributed by atoms with van der Waals surface area (Å²) in [4.78, 5) is 108. The highest BCUT2D eigenvalue weighted by Crippen LogP contribution is 2.26. The second kappa shape index (κ2) is 28.6. The van der Waals surface area contributed by atoms with E-state index >= 15 is 9.59 Å². The molecule has 410 valence electrons. The molecule has 0 radical (unpaired) electrons. The Bertz CT molecular complexity index is 2970. The minimum atomic E-state index is -1.40. The molecule has 9 N–H and O–H groups in total. The van der Waals surface area contributed by atoms with Gasteiger partial charge in [-0.3, -0.25) is 28.8 Å². The van der Waals surface area contributed by atoms with E-state index in [-0.39, 0.29) is 75.7 Å². The molecule has 3 heterocycles. The third kappa shape index (κ3) is 15.7. The first-order chi connectivity index (χ1) is 37.5. The minimum Gasteiger partial charge on any atom is -0.489 e. The quantitative estimate of drug-likeness (QED) is 0.0424. The van der Waals surface area contributed by atoms with Crippen LogP contribution < -0.4 is 42.4 Å². The smallest absolute Gasteiger partial charge is 0.407 e. The van der Waals surface area contributed by atoms with Gasteiger partial charge in [0.05, 0.1) is 6.54 Å². The molecule has 0 spiro atoms. The maximum absolute atomic E-state index is 15.3. The lowest BCUT2D eigenvalue weighted by Gasteiger charge is -2.32. The van der Waals surface area contributed by atoms with Gasteiger partial charge in [0.25, 0.3) is 0 Å². The maximum atomic E-state index is 15.3. The van der Waals surface area contributed by atoms with Crippen molar-refractivity contribution in [2.24, 2.45) is 5.73 Å². The molecule has 2 saturated heterocycles. The average Bonchev–Trinajstić information content (AvgIpc) is 4.09. The number of benzene rings is 5. The number of fused-ring (bicyclic) bond motifs is 2. The molecule has 7 atom stereocenters. The first-order valence-electron chi connectivity index (χ1n) is 26.3. The number of amides is 7. The van der Waals surface area contributed by atoms with Crippen LogP contribution in [-0.4, -0.2) is 107 Å². The summed E-state index contributed by atoms with van der Waals surface area (Å²) >= 11 is 0. The number of para-hydroxylation sites is 1. The Kier molecular flexibility index (Phi) is 21.2. The topological polar surface area (TPSA) is 255 Å². The van der Waals surface area contributed by atoms with Gasteiger partial charge in [0, 0.05) is 55.9 Å². The van der Waals surface area contributed by atoms with Crippen LogP contribution in [0.3, 0.4) is 0 Å². The number of aromatic nitrogens is 1. The van der Waals surface area contributed by atoms with Crippen molar-refractivity contribution in [3.05, 3.63) is 174 Å². The van der Waals surface area contributed by atoms with Gasteiger partial charge in [0.1, 0.15) is 54.7 Å². The number of aromatic amines is 1. The predicted octanol–water partition coefficient (Wildman–Crippen LogP) is 5.44. The molecule has 2 aliphatic rings. The van der Waals surface area contributed by atoms with E-state index in [1.165, 1.54) is 4.90 Å². The van der Waals surface area contributed by atoms with Crippen LogP contribution in [0.5, 0.6) is 5.75 Å². The Labute approximate surface area is 470 Å². The van der Waals surface area contributed by atoms with E-state index in [9.17, 15) is 24.0 Å². The number of nitrogens with two attached hydrogens (primary N) is 1. The van der Waals surface area contributed by atoms with E-state index in [0.717, 1.165) is 29.3 Å². The zero-order valence-electron chi connectivity index (χ0n) is 43.5. The molecule has 2 fully saturated rings. The molecule has 0 saturated carbocycles. The molecular weight excluding hydrogens is 1110 g/mol. The lowest BCUT2D eigenvalue weighted by Crippen LogP contribution is -2.61. The standard InChI is InChI=1S/C59H67N9O9.HI/c1-2-3-7-24-47-53(69)64-48(31-39-25-27-43(28-26-39)76-37-40-18-10-5-11-19-40)54(70)66-50(32-38-16-8-4-9-17-38)58(74)68-36-44(77-59(75)61-30-29-60)34-51(68)56(72)67-52(41-20-12-6-13-21-41)57(73)65-49(55(71)63-47)33-42-35-62-46-23-15-14-22-45(42)46;/h4-6,8-23,25-28,35,44,47-52,62H,2-3,7,24,29-34,36-37,60H2,1H3,(H,61,75)(H,63,71)(H,64,69)(H,65,73)(H,66,70)(H,67,72);1H/t44?,47?,48?,49?,50?,51?,52-;/m0./s1. The Hall–Kier alpha value is -7.78. The minimum absolute atomic E-state index is 0. The molecule has 0 aliphatic carbocycles. The number of unbranched alkanes of at least 4 members (excludes halogenated alkanes) is 2. The average molecular weight is 1170 g/mol. The van der Waals surface area contributed by atoms with Gasteiger partial charge in [-0.1, -0.05) is 148 Å². The Morgan fingerprint density at radius 3 is 1.90 bits per heavy atom. The number of carbonyl (C=O) groups excluding carboxylic acids is 7. The van der Waals surface area contributed by atoms with E-state index in [4.69, 9.17) is 15.2 Å². The van der Waals surface area contributed by atoms with Crippen molar-refractivity contribution in [3.8, 4) is 5.75 Å². The molecule has 1 aromatic heterocycles. The summed E-state index contributed by atoms with van der Waals surface area (Å²) in [5, 5.41) is 18.0. The normalized spacial score (nSPS) is 21.3. The van der Waals surface area contributed by atoms with Crippen LogP contribution in [-0.2, 0) is 59.4 Å². The van der Waals surface area contributed by atoms with Gasteiger partial charge in [-0.05, 0) is 52.4 Å². The molecule has 19 heteroatoms. The van der Waals surface area contributed by atoms with Gasteiger partial charge in [-0.25, -0.2) is 4.79 Å². The first-order valence-corrected chi connectivity index (χ1v) is 26.3. The number of H-pyrrole nitrogens is 1. The fourth-order valence-corrected chi connectivity index (χ4v) is 9.75. The Morgan fingerprint density at radius 1 is 0.628 bits per heavy atom. The summed E-state index contributed by atoms with van der Waals surface area (Å²) in [6.45, 7) is 2.34. The summed E-state index contributed by atoms with van der Waals surface area (Å²) in [6.07, 6.45) is 1.98. The van der Waals surface area contributed by atoms with Crippen molar-refractivity contribution in [2.45, 2.75) is 107 Å². The number of ether oxygens (including phenoxy) is 2. The summed E-state index contributed by atoms with van der Waals surface area (Å²) in [5.41, 5.74) is 9.82. The van der Waals surface area contributed by atoms with E-state index in [2.05, 4.69) is 36.9 Å². The number of rotatable bonds is 17. The van der Waals surface area contributed by atoms with Crippen LogP contribution in [0.2, 0.25) is 0 Å². The zero-order chi connectivity index (χ0) is 54.1. The number of nitrogens with one attached hydrogen (secondary N) is 7. The van der Waals surface area contributed by atoms with Crippen LogP contribution in [0.4, 0.5) is 4.79 Å². The monoisotopic (exact) mass is 1170 g/mol. The molecule has 8 rings (SSSR count). The van der Waals surface area contributed by atoms with Crippen LogP contribution in [0.1, 0.15) is 72.9 Å². The summed E-state index contributed by atoms with van der Waals surface area (Å²) < 4.78 is 11.8. The second-order valence-electron chi connectivity index (χ2n) is 19.5. The molecule has 2 aliphatic heterocycles. The molecule has 0 bridgehead atoms. The van der Waals surface area contributed by atoms with Crippen molar-refractivity contribution in [1.82, 2.24) is 41.8 Å². The fourth-order valence-electron chi connectivity index (χ4n) is 9.75. The Balaban J connectivity index is 0.00000882. The predicted molar refractivity (Wildman–Crippen MR) is 305 cm³/mol. The van der Waals surface area contributed by atoms with E-state index < -0.39 is 83.9 Å². The highest BCUT2D eigenvalue weighted by Gasteiger charge is 2.45. The highest BCUT2D eigenvalue weighted by molar-refractivity contribution is 14.0. The number of hydrogen-bond acceptors (Lipinski definition) is 10. The Morgan fingerprint density at radius 2 is 1.21 bits per heavy atom. The van der Waals surface area contributed by atoms with Gasteiger partial charge in [0.15, 0.2) is 0 Å². The fraction of sp³-hybridized carbons (Fsp3) is 0.339. The van der Waals surface area contributed by atoms with E-state index in [1.807, 2.05) is 67.6 Å². The highest BCUT2D eigenvalue weighted by atomic mass is 127. The number of nitrogens with zero attached hydrogens (tertiary/aromatic N) is 1. The SMILES string of the molecule is CCCCCC1NC(=O)C(Cc2c[nH]c3ccccc23)NC(=O)[C@H](c2ccccc2)NC(=O)C2CC(OC(=O)NCCN)CN2C(=O)C(Cc2ccccc2)NC(=O)C(Cc2ccc(OCc3ccccc3)cc2)NC1=O.I. The molecule has 6 aromatic rings. The number of halogens is 1. The lowest BCUT2D eigenvalue weighted by molar-refractivity contribution is -0.143. The van der Waals surface area contributed by atoms with Crippen molar-refractivity contribution in [1.29, 1.82) is 0 Å². The van der Waals surface area contributed by atoms with Gasteiger partial charge in [-0.15, -0.1) is 24.0 Å².